The van der Waals surface area contributed by atoms with E-state index >= 15 is 0 Å². The van der Waals surface area contributed by atoms with Crippen molar-refractivity contribution in [3.05, 3.63) is 30.1 Å². The summed E-state index contributed by atoms with van der Waals surface area (Å²) < 4.78 is 5.39. The molecule has 0 aromatic carbocycles. The minimum atomic E-state index is -0.0502. The Balaban J connectivity index is 1.81. The Morgan fingerprint density at radius 1 is 1.65 bits per heavy atom. The molecule has 92 valence electrons. The van der Waals surface area contributed by atoms with Crippen LogP contribution in [0.15, 0.2) is 24.4 Å². The molecule has 1 aromatic rings. The van der Waals surface area contributed by atoms with E-state index in [1.165, 1.54) is 0 Å². The molecule has 1 saturated heterocycles. The molecule has 0 spiro atoms. The van der Waals surface area contributed by atoms with Gasteiger partial charge in [-0.15, -0.1) is 0 Å². The van der Waals surface area contributed by atoms with Crippen molar-refractivity contribution < 1.29 is 9.53 Å². The average Bonchev–Trinajstić information content (AvgIpc) is 2.37. The van der Waals surface area contributed by atoms with E-state index in [1.807, 2.05) is 25.1 Å². The summed E-state index contributed by atoms with van der Waals surface area (Å²) in [6, 6.07) is 5.61. The highest BCUT2D eigenvalue weighted by Gasteiger charge is 2.20. The quantitative estimate of drug-likeness (QED) is 0.832. The number of ether oxygens (including phenoxy) is 1. The normalized spacial score (nSPS) is 20.1. The molecule has 0 radical (unpaired) electrons. The van der Waals surface area contributed by atoms with Crippen molar-refractivity contribution in [2.45, 2.75) is 19.6 Å². The number of nitrogens with zero attached hydrogens (tertiary/aromatic N) is 2. The summed E-state index contributed by atoms with van der Waals surface area (Å²) in [7, 11) is 0. The summed E-state index contributed by atoms with van der Waals surface area (Å²) in [5, 5.41) is 2.86. The molecule has 1 aliphatic heterocycles. The lowest BCUT2D eigenvalue weighted by molar-refractivity contribution is -0.00352. The van der Waals surface area contributed by atoms with E-state index in [0.717, 1.165) is 5.69 Å². The van der Waals surface area contributed by atoms with Crippen molar-refractivity contribution in [3.63, 3.8) is 0 Å². The van der Waals surface area contributed by atoms with E-state index in [9.17, 15) is 4.79 Å². The monoisotopic (exact) mass is 235 g/mol. The average molecular weight is 235 g/mol. The molecule has 1 atom stereocenters. The van der Waals surface area contributed by atoms with Crippen LogP contribution in [0.2, 0.25) is 0 Å². The molecule has 0 saturated carbocycles. The number of carbonyl (C=O) groups is 1. The van der Waals surface area contributed by atoms with Gasteiger partial charge in [0, 0.05) is 19.3 Å². The van der Waals surface area contributed by atoms with Crippen LogP contribution in [0.25, 0.3) is 0 Å². The fraction of sp³-hybridized carbons (Fsp3) is 0.500. The molecule has 2 rings (SSSR count). The summed E-state index contributed by atoms with van der Waals surface area (Å²) in [5.41, 5.74) is 0.863. The first kappa shape index (κ1) is 11.9. The van der Waals surface area contributed by atoms with Crippen molar-refractivity contribution in [1.82, 2.24) is 15.2 Å². The van der Waals surface area contributed by atoms with E-state index < -0.39 is 0 Å². The van der Waals surface area contributed by atoms with Crippen LogP contribution in [0.3, 0.4) is 0 Å². The number of urea groups is 1. The van der Waals surface area contributed by atoms with Crippen molar-refractivity contribution in [1.29, 1.82) is 0 Å². The van der Waals surface area contributed by atoms with Crippen LogP contribution < -0.4 is 5.32 Å². The summed E-state index contributed by atoms with van der Waals surface area (Å²) in [6.07, 6.45) is 1.84. The second-order valence-electron chi connectivity index (χ2n) is 4.11. The van der Waals surface area contributed by atoms with E-state index in [1.54, 1.807) is 11.1 Å². The van der Waals surface area contributed by atoms with Gasteiger partial charge in [0.2, 0.25) is 0 Å². The molecule has 1 fully saturated rings. The molecular weight excluding hydrogens is 218 g/mol. The Kier molecular flexibility index (Phi) is 3.93. The van der Waals surface area contributed by atoms with E-state index in [2.05, 4.69) is 10.3 Å². The Hall–Kier alpha value is -1.62. The van der Waals surface area contributed by atoms with Gasteiger partial charge in [0.05, 0.1) is 24.9 Å². The maximum Gasteiger partial charge on any atom is 0.317 e. The first-order valence-electron chi connectivity index (χ1n) is 5.80. The Labute approximate surface area is 101 Å². The molecule has 1 unspecified atom stereocenters. The van der Waals surface area contributed by atoms with Crippen LogP contribution in [0.1, 0.15) is 12.6 Å². The molecule has 2 amide bonds. The van der Waals surface area contributed by atoms with Gasteiger partial charge in [0.15, 0.2) is 0 Å². The number of amides is 2. The van der Waals surface area contributed by atoms with Gasteiger partial charge in [-0.05, 0) is 19.1 Å². The van der Waals surface area contributed by atoms with Gasteiger partial charge in [0.1, 0.15) is 0 Å². The van der Waals surface area contributed by atoms with Crippen LogP contribution >= 0.6 is 0 Å². The van der Waals surface area contributed by atoms with Crippen LogP contribution in [0, 0.1) is 0 Å². The number of aromatic nitrogens is 1. The molecule has 1 aliphatic rings. The lowest BCUT2D eigenvalue weighted by Crippen LogP contribution is -2.48. The summed E-state index contributed by atoms with van der Waals surface area (Å²) >= 11 is 0. The van der Waals surface area contributed by atoms with Crippen LogP contribution in [-0.2, 0) is 11.3 Å². The maximum atomic E-state index is 11.8. The molecular formula is C12H17N3O2. The maximum absolute atomic E-state index is 11.8. The number of hydrogen-bond acceptors (Lipinski definition) is 3. The predicted molar refractivity (Wildman–Crippen MR) is 63.5 cm³/mol. The van der Waals surface area contributed by atoms with Gasteiger partial charge in [-0.1, -0.05) is 6.07 Å². The van der Waals surface area contributed by atoms with Gasteiger partial charge in [-0.3, -0.25) is 4.98 Å². The standard InChI is InChI=1S/C12H17N3O2/c1-10-9-15(6-7-17-10)12(16)14-8-11-4-2-3-5-13-11/h2-5,10H,6-9H2,1H3,(H,14,16). The number of morpholine rings is 1. The number of carbonyl (C=O) groups excluding carboxylic acids is 1. The van der Waals surface area contributed by atoms with Crippen molar-refractivity contribution in [3.8, 4) is 0 Å². The first-order chi connectivity index (χ1) is 8.25. The predicted octanol–water partition coefficient (Wildman–Crippen LogP) is 1.01. The largest absolute Gasteiger partial charge is 0.375 e. The smallest absolute Gasteiger partial charge is 0.317 e. The highest BCUT2D eigenvalue weighted by Crippen LogP contribution is 2.04. The minimum Gasteiger partial charge on any atom is -0.375 e. The molecule has 5 heteroatoms. The summed E-state index contributed by atoms with van der Waals surface area (Å²) in [4.78, 5) is 17.8. The molecule has 5 nitrogen and oxygen atoms in total. The van der Waals surface area contributed by atoms with E-state index in [0.29, 0.717) is 26.2 Å². The molecule has 2 heterocycles. The highest BCUT2D eigenvalue weighted by molar-refractivity contribution is 5.74. The lowest BCUT2D eigenvalue weighted by Gasteiger charge is -2.31. The zero-order chi connectivity index (χ0) is 12.1. The van der Waals surface area contributed by atoms with Crippen LogP contribution in [0.4, 0.5) is 4.79 Å². The number of nitrogens with one attached hydrogen (secondary N) is 1. The van der Waals surface area contributed by atoms with Gasteiger partial charge >= 0.3 is 6.03 Å². The fourth-order valence-corrected chi connectivity index (χ4v) is 1.78. The molecule has 1 N–H and O–H groups in total. The zero-order valence-corrected chi connectivity index (χ0v) is 9.93. The van der Waals surface area contributed by atoms with Gasteiger partial charge < -0.3 is 15.0 Å². The Morgan fingerprint density at radius 2 is 2.53 bits per heavy atom. The van der Waals surface area contributed by atoms with E-state index in [-0.39, 0.29) is 12.1 Å². The number of hydrogen-bond donors (Lipinski definition) is 1. The fourth-order valence-electron chi connectivity index (χ4n) is 1.78. The molecule has 17 heavy (non-hydrogen) atoms. The molecule has 0 aliphatic carbocycles. The Morgan fingerprint density at radius 3 is 3.24 bits per heavy atom. The first-order valence-corrected chi connectivity index (χ1v) is 5.80. The third-order valence-corrected chi connectivity index (χ3v) is 2.68. The topological polar surface area (TPSA) is 54.5 Å². The number of pyridine rings is 1. The second-order valence-corrected chi connectivity index (χ2v) is 4.11. The van der Waals surface area contributed by atoms with Crippen molar-refractivity contribution in [2.75, 3.05) is 19.7 Å². The molecule has 0 bridgehead atoms. The number of rotatable bonds is 2. The summed E-state index contributed by atoms with van der Waals surface area (Å²) in [5.74, 6) is 0. The lowest BCUT2D eigenvalue weighted by atomic mass is 10.3. The minimum absolute atomic E-state index is 0.0502. The summed E-state index contributed by atoms with van der Waals surface area (Å²) in [6.45, 7) is 4.34. The Bertz CT molecular complexity index is 369. The third-order valence-electron chi connectivity index (χ3n) is 2.68. The van der Waals surface area contributed by atoms with Crippen molar-refractivity contribution in [2.24, 2.45) is 0 Å². The SMILES string of the molecule is CC1CN(C(=O)NCc2ccccn2)CCO1. The third kappa shape index (κ3) is 3.42. The highest BCUT2D eigenvalue weighted by atomic mass is 16.5. The van der Waals surface area contributed by atoms with Crippen molar-refractivity contribution >= 4 is 6.03 Å². The molecule has 1 aromatic heterocycles. The van der Waals surface area contributed by atoms with Crippen LogP contribution in [0.5, 0.6) is 0 Å². The van der Waals surface area contributed by atoms with Gasteiger partial charge in [-0.2, -0.15) is 0 Å². The van der Waals surface area contributed by atoms with E-state index in [4.69, 9.17) is 4.74 Å². The van der Waals surface area contributed by atoms with Gasteiger partial charge in [-0.25, -0.2) is 4.79 Å². The zero-order valence-electron chi connectivity index (χ0n) is 9.93. The second kappa shape index (κ2) is 5.63. The van der Waals surface area contributed by atoms with Crippen LogP contribution in [-0.4, -0.2) is 41.7 Å². The van der Waals surface area contributed by atoms with Gasteiger partial charge in [0.25, 0.3) is 0 Å².